The smallest absolute Gasteiger partial charge is 0.221 e. The highest BCUT2D eigenvalue weighted by Crippen LogP contribution is 2.41. The zero-order valence-corrected chi connectivity index (χ0v) is 11.3. The number of nitrogens with one attached hydrogen (secondary N) is 1. The molecule has 0 atom stereocenters. The highest BCUT2D eigenvalue weighted by molar-refractivity contribution is 9.10. The summed E-state index contributed by atoms with van der Waals surface area (Å²) in [6, 6.07) is 8.17. The molecule has 0 radical (unpaired) electrons. The fraction of sp³-hybridized carbons (Fsp3) is 0.462. The molecule has 1 aromatic carbocycles. The molecule has 0 bridgehead atoms. The average molecular weight is 297 g/mol. The minimum atomic E-state index is -0.157. The molecule has 1 aliphatic rings. The van der Waals surface area contributed by atoms with Crippen molar-refractivity contribution in [1.29, 1.82) is 0 Å². The second kappa shape index (κ2) is 5.19. The zero-order valence-electron chi connectivity index (χ0n) is 9.71. The van der Waals surface area contributed by atoms with Gasteiger partial charge in [0.05, 0.1) is 5.54 Å². The Morgan fingerprint density at radius 3 is 2.76 bits per heavy atom. The van der Waals surface area contributed by atoms with Gasteiger partial charge in [-0.1, -0.05) is 28.1 Å². The van der Waals surface area contributed by atoms with Gasteiger partial charge in [-0.15, -0.1) is 0 Å². The molecule has 0 aliphatic heterocycles. The number of amides is 1. The molecular weight excluding hydrogens is 280 g/mol. The van der Waals surface area contributed by atoms with Gasteiger partial charge in [0.25, 0.3) is 0 Å². The van der Waals surface area contributed by atoms with Crippen molar-refractivity contribution < 1.29 is 4.79 Å². The number of hydrogen-bond donors (Lipinski definition) is 2. The van der Waals surface area contributed by atoms with Gasteiger partial charge < -0.3 is 11.1 Å². The standard InChI is InChI=1S/C13H17BrN2O/c14-11-4-1-3-10(9-11)13(6-2-7-13)16-12(17)5-8-15/h1,3-4,9H,2,5-8,15H2,(H,16,17). The summed E-state index contributed by atoms with van der Waals surface area (Å²) >= 11 is 3.47. The molecule has 0 unspecified atom stereocenters. The molecule has 1 saturated carbocycles. The van der Waals surface area contributed by atoms with Crippen molar-refractivity contribution in [1.82, 2.24) is 5.32 Å². The van der Waals surface area contributed by atoms with Crippen LogP contribution in [0, 0.1) is 0 Å². The fourth-order valence-corrected chi connectivity index (χ4v) is 2.66. The topological polar surface area (TPSA) is 55.1 Å². The Morgan fingerprint density at radius 1 is 1.47 bits per heavy atom. The highest BCUT2D eigenvalue weighted by atomic mass is 79.9. The van der Waals surface area contributed by atoms with Crippen LogP contribution in [0.15, 0.2) is 28.7 Å². The molecule has 3 N–H and O–H groups in total. The van der Waals surface area contributed by atoms with Crippen LogP contribution in [-0.4, -0.2) is 12.5 Å². The molecule has 0 spiro atoms. The monoisotopic (exact) mass is 296 g/mol. The number of benzene rings is 1. The van der Waals surface area contributed by atoms with E-state index in [1.165, 1.54) is 5.56 Å². The summed E-state index contributed by atoms with van der Waals surface area (Å²) in [5, 5.41) is 3.13. The summed E-state index contributed by atoms with van der Waals surface area (Å²) in [5.41, 5.74) is 6.43. The zero-order chi connectivity index (χ0) is 12.3. The van der Waals surface area contributed by atoms with Crippen LogP contribution in [0.25, 0.3) is 0 Å². The third kappa shape index (κ3) is 2.69. The van der Waals surface area contributed by atoms with Gasteiger partial charge in [0.15, 0.2) is 0 Å². The Hall–Kier alpha value is -0.870. The number of rotatable bonds is 4. The van der Waals surface area contributed by atoms with Gasteiger partial charge in [0, 0.05) is 17.4 Å². The number of carbonyl (C=O) groups excluding carboxylic acids is 1. The summed E-state index contributed by atoms with van der Waals surface area (Å²) in [6.07, 6.45) is 3.59. The van der Waals surface area contributed by atoms with E-state index in [-0.39, 0.29) is 11.4 Å². The van der Waals surface area contributed by atoms with Gasteiger partial charge in [-0.3, -0.25) is 4.79 Å². The molecule has 17 heavy (non-hydrogen) atoms. The van der Waals surface area contributed by atoms with Crippen molar-refractivity contribution in [2.24, 2.45) is 5.73 Å². The van der Waals surface area contributed by atoms with Crippen LogP contribution in [0.5, 0.6) is 0 Å². The van der Waals surface area contributed by atoms with Crippen LogP contribution in [0.1, 0.15) is 31.2 Å². The van der Waals surface area contributed by atoms with Gasteiger partial charge in [-0.2, -0.15) is 0 Å². The van der Waals surface area contributed by atoms with Gasteiger partial charge in [0.2, 0.25) is 5.91 Å². The summed E-state index contributed by atoms with van der Waals surface area (Å²) in [4.78, 5) is 11.7. The Labute approximate surface area is 110 Å². The number of halogens is 1. The third-order valence-electron chi connectivity index (χ3n) is 3.33. The largest absolute Gasteiger partial charge is 0.347 e. The SMILES string of the molecule is NCCC(=O)NC1(c2cccc(Br)c2)CCC1. The van der Waals surface area contributed by atoms with Crippen molar-refractivity contribution in [3.63, 3.8) is 0 Å². The van der Waals surface area contributed by atoms with E-state index in [1.54, 1.807) is 0 Å². The quantitative estimate of drug-likeness (QED) is 0.896. The van der Waals surface area contributed by atoms with Crippen LogP contribution >= 0.6 is 15.9 Å². The second-order valence-electron chi connectivity index (χ2n) is 4.53. The van der Waals surface area contributed by atoms with Gasteiger partial charge >= 0.3 is 0 Å². The van der Waals surface area contributed by atoms with Crippen molar-refractivity contribution in [2.45, 2.75) is 31.2 Å². The van der Waals surface area contributed by atoms with E-state index < -0.39 is 0 Å². The molecule has 0 heterocycles. The predicted octanol–water partition coefficient (Wildman–Crippen LogP) is 2.29. The van der Waals surface area contributed by atoms with Crippen LogP contribution in [-0.2, 0) is 10.3 Å². The molecule has 1 amide bonds. The summed E-state index contributed by atoms with van der Waals surface area (Å²) < 4.78 is 1.05. The van der Waals surface area contributed by atoms with Gasteiger partial charge in [-0.25, -0.2) is 0 Å². The maximum Gasteiger partial charge on any atom is 0.221 e. The molecular formula is C13H17BrN2O. The lowest BCUT2D eigenvalue weighted by Crippen LogP contribution is -2.51. The first-order valence-corrected chi connectivity index (χ1v) is 6.73. The van der Waals surface area contributed by atoms with Crippen molar-refractivity contribution in [2.75, 3.05) is 6.54 Å². The lowest BCUT2D eigenvalue weighted by Gasteiger charge is -2.43. The molecule has 2 rings (SSSR count). The number of nitrogens with two attached hydrogens (primary N) is 1. The molecule has 3 nitrogen and oxygen atoms in total. The summed E-state index contributed by atoms with van der Waals surface area (Å²) in [6.45, 7) is 0.403. The first kappa shape index (κ1) is 12.6. The van der Waals surface area contributed by atoms with Gasteiger partial charge in [0.1, 0.15) is 0 Å². The van der Waals surface area contributed by atoms with Gasteiger partial charge in [-0.05, 0) is 37.0 Å². The Balaban J connectivity index is 2.17. The van der Waals surface area contributed by atoms with E-state index in [1.807, 2.05) is 12.1 Å². The van der Waals surface area contributed by atoms with E-state index in [2.05, 4.69) is 33.4 Å². The van der Waals surface area contributed by atoms with Crippen molar-refractivity contribution in [3.05, 3.63) is 34.3 Å². The molecule has 4 heteroatoms. The third-order valence-corrected chi connectivity index (χ3v) is 3.83. The van der Waals surface area contributed by atoms with E-state index in [4.69, 9.17) is 5.73 Å². The molecule has 0 aromatic heterocycles. The summed E-state index contributed by atoms with van der Waals surface area (Å²) in [7, 11) is 0. The normalized spacial score (nSPS) is 17.3. The maximum atomic E-state index is 11.7. The van der Waals surface area contributed by atoms with Crippen molar-refractivity contribution >= 4 is 21.8 Å². The van der Waals surface area contributed by atoms with Crippen LogP contribution in [0.2, 0.25) is 0 Å². The molecule has 1 fully saturated rings. The first-order chi connectivity index (χ1) is 8.16. The lowest BCUT2D eigenvalue weighted by atomic mass is 9.71. The minimum Gasteiger partial charge on any atom is -0.347 e. The van der Waals surface area contributed by atoms with Crippen molar-refractivity contribution in [3.8, 4) is 0 Å². The van der Waals surface area contributed by atoms with Crippen LogP contribution in [0.4, 0.5) is 0 Å². The van der Waals surface area contributed by atoms with E-state index in [0.717, 1.165) is 23.7 Å². The Morgan fingerprint density at radius 2 is 2.24 bits per heavy atom. The first-order valence-electron chi connectivity index (χ1n) is 5.93. The molecule has 0 saturated heterocycles. The lowest BCUT2D eigenvalue weighted by molar-refractivity contribution is -0.124. The average Bonchev–Trinajstić information content (AvgIpc) is 2.24. The number of hydrogen-bond acceptors (Lipinski definition) is 2. The second-order valence-corrected chi connectivity index (χ2v) is 5.45. The maximum absolute atomic E-state index is 11.7. The van der Waals surface area contributed by atoms with E-state index in [0.29, 0.717) is 13.0 Å². The van der Waals surface area contributed by atoms with Crippen LogP contribution < -0.4 is 11.1 Å². The Bertz CT molecular complexity index is 416. The molecule has 1 aliphatic carbocycles. The van der Waals surface area contributed by atoms with Crippen LogP contribution in [0.3, 0.4) is 0 Å². The summed E-state index contributed by atoms with van der Waals surface area (Å²) in [5.74, 6) is 0.0483. The highest BCUT2D eigenvalue weighted by Gasteiger charge is 2.39. The predicted molar refractivity (Wildman–Crippen MR) is 71.5 cm³/mol. The fourth-order valence-electron chi connectivity index (χ4n) is 2.26. The number of carbonyl (C=O) groups is 1. The molecule has 92 valence electrons. The van der Waals surface area contributed by atoms with E-state index >= 15 is 0 Å². The Kier molecular flexibility index (Phi) is 3.84. The van der Waals surface area contributed by atoms with E-state index in [9.17, 15) is 4.79 Å². The minimum absolute atomic E-state index is 0.0483. The molecule has 1 aromatic rings.